The molecule has 2 saturated carbocycles. The Morgan fingerprint density at radius 1 is 1.19 bits per heavy atom. The summed E-state index contributed by atoms with van der Waals surface area (Å²) in [5.41, 5.74) is -6.41. The van der Waals surface area contributed by atoms with E-state index in [1.807, 2.05) is 6.92 Å². The lowest BCUT2D eigenvalue weighted by Crippen LogP contribution is -2.52. The van der Waals surface area contributed by atoms with Gasteiger partial charge in [-0.1, -0.05) is 13.8 Å². The molecule has 4 rings (SSSR count). The van der Waals surface area contributed by atoms with Gasteiger partial charge in [-0.05, 0) is 55.9 Å². The first-order valence-electron chi connectivity index (χ1n) is 9.29. The minimum atomic E-state index is -5.67. The number of hydrogen-bond acceptors (Lipinski definition) is 5. The molecule has 0 radical (unpaired) electrons. The minimum absolute atomic E-state index is 0.0168. The largest absolute Gasteiger partial charge is 0.534 e. The predicted octanol–water partition coefficient (Wildman–Crippen LogP) is 3.90. The molecule has 5 nitrogen and oxygen atoms in total. The van der Waals surface area contributed by atoms with E-state index in [0.29, 0.717) is 25.7 Å². The number of alkyl halides is 3. The van der Waals surface area contributed by atoms with Gasteiger partial charge in [0, 0.05) is 10.8 Å². The molecule has 0 aromatic heterocycles. The topological polar surface area (TPSA) is 69.7 Å². The van der Waals surface area contributed by atoms with Crippen molar-refractivity contribution in [3.8, 4) is 0 Å². The first-order chi connectivity index (χ1) is 12.4. The van der Waals surface area contributed by atoms with E-state index in [0.717, 1.165) is 12.8 Å². The molecular weight excluding hydrogens is 385 g/mol. The van der Waals surface area contributed by atoms with Crippen molar-refractivity contribution in [1.82, 2.24) is 0 Å². The van der Waals surface area contributed by atoms with Gasteiger partial charge in [0.05, 0.1) is 6.42 Å². The summed E-state index contributed by atoms with van der Waals surface area (Å²) in [4.78, 5) is 11.9. The van der Waals surface area contributed by atoms with Gasteiger partial charge in [0.2, 0.25) is 0 Å². The third kappa shape index (κ3) is 2.63. The van der Waals surface area contributed by atoms with Crippen LogP contribution in [0.2, 0.25) is 0 Å². The lowest BCUT2D eigenvalue weighted by molar-refractivity contribution is -0.145. The third-order valence-corrected chi connectivity index (χ3v) is 8.54. The van der Waals surface area contributed by atoms with Crippen molar-refractivity contribution in [2.24, 2.45) is 28.6 Å². The minimum Gasteiger partial charge on any atom is -0.462 e. The summed E-state index contributed by atoms with van der Waals surface area (Å²) in [6.07, 6.45) is 5.12. The van der Waals surface area contributed by atoms with Crippen LogP contribution in [-0.2, 0) is 23.8 Å². The summed E-state index contributed by atoms with van der Waals surface area (Å²) in [5, 5.41) is 0. The summed E-state index contributed by atoms with van der Waals surface area (Å²) in [5.74, 6) is 0.219. The Bertz CT molecular complexity index is 804. The van der Waals surface area contributed by atoms with Gasteiger partial charge in [-0.2, -0.15) is 21.6 Å². The van der Waals surface area contributed by atoms with E-state index in [2.05, 4.69) is 11.1 Å². The standard InChI is InChI=1S/C18H23F3O5S/c1-16-8-7-12-10(3-5-13-17(12,2)9-15(22)25-13)11(16)4-6-14(16)26-27(23,24)18(19,20)21/h6,10-13H,3-5,7-9H2,1-2H3. The molecule has 9 heteroatoms. The molecule has 4 aliphatic rings. The van der Waals surface area contributed by atoms with Crippen LogP contribution in [0.25, 0.3) is 0 Å². The van der Waals surface area contributed by atoms with Gasteiger partial charge < -0.3 is 8.92 Å². The molecule has 0 spiro atoms. The van der Waals surface area contributed by atoms with Gasteiger partial charge >= 0.3 is 21.6 Å². The quantitative estimate of drug-likeness (QED) is 0.394. The van der Waals surface area contributed by atoms with Gasteiger partial charge in [-0.3, -0.25) is 4.79 Å². The van der Waals surface area contributed by atoms with E-state index in [-0.39, 0.29) is 41.0 Å². The van der Waals surface area contributed by atoms with Crippen molar-refractivity contribution in [3.05, 3.63) is 11.8 Å². The van der Waals surface area contributed by atoms with E-state index in [9.17, 15) is 26.4 Å². The molecule has 6 unspecified atom stereocenters. The van der Waals surface area contributed by atoms with Crippen LogP contribution in [0.5, 0.6) is 0 Å². The molecule has 0 aromatic rings. The van der Waals surface area contributed by atoms with Crippen molar-refractivity contribution in [2.45, 2.75) is 64.0 Å². The Balaban J connectivity index is 1.59. The second-order valence-electron chi connectivity index (χ2n) is 8.86. The monoisotopic (exact) mass is 408 g/mol. The molecule has 1 aliphatic heterocycles. The van der Waals surface area contributed by atoms with Gasteiger partial charge in [0.25, 0.3) is 0 Å². The lowest BCUT2D eigenvalue weighted by Gasteiger charge is -2.55. The Kier molecular flexibility index (Phi) is 3.99. The highest BCUT2D eigenvalue weighted by Crippen LogP contribution is 2.65. The Labute approximate surface area is 156 Å². The van der Waals surface area contributed by atoms with Crippen molar-refractivity contribution < 1.29 is 35.3 Å². The number of rotatable bonds is 2. The molecule has 0 bridgehead atoms. The van der Waals surface area contributed by atoms with Gasteiger partial charge in [0.15, 0.2) is 0 Å². The summed E-state index contributed by atoms with van der Waals surface area (Å²) in [6.45, 7) is 3.89. The van der Waals surface area contributed by atoms with Gasteiger partial charge in [-0.15, -0.1) is 0 Å². The zero-order valence-corrected chi connectivity index (χ0v) is 16.0. The molecule has 27 heavy (non-hydrogen) atoms. The zero-order valence-electron chi connectivity index (χ0n) is 15.2. The maximum atomic E-state index is 12.8. The number of esters is 1. The van der Waals surface area contributed by atoms with E-state index >= 15 is 0 Å². The first-order valence-corrected chi connectivity index (χ1v) is 10.7. The Morgan fingerprint density at radius 2 is 1.89 bits per heavy atom. The van der Waals surface area contributed by atoms with Crippen LogP contribution in [0.4, 0.5) is 13.2 Å². The molecule has 3 fully saturated rings. The van der Waals surface area contributed by atoms with Crippen LogP contribution in [0.3, 0.4) is 0 Å². The predicted molar refractivity (Wildman–Crippen MR) is 88.4 cm³/mol. The summed E-state index contributed by atoms with van der Waals surface area (Å²) >= 11 is 0. The normalized spacial score (nSPS) is 44.0. The lowest BCUT2D eigenvalue weighted by atomic mass is 9.49. The molecular formula is C18H23F3O5S. The maximum Gasteiger partial charge on any atom is 0.534 e. The molecule has 1 heterocycles. The van der Waals surface area contributed by atoms with Crippen LogP contribution in [0, 0.1) is 28.6 Å². The fraction of sp³-hybridized carbons (Fsp3) is 0.833. The van der Waals surface area contributed by atoms with Gasteiger partial charge in [0.1, 0.15) is 11.9 Å². The van der Waals surface area contributed by atoms with Crippen LogP contribution >= 0.6 is 0 Å². The van der Waals surface area contributed by atoms with Crippen molar-refractivity contribution in [1.29, 1.82) is 0 Å². The average Bonchev–Trinajstić information content (AvgIpc) is 3.01. The highest BCUT2D eigenvalue weighted by Gasteiger charge is 2.62. The van der Waals surface area contributed by atoms with Crippen molar-refractivity contribution >= 4 is 16.1 Å². The molecule has 6 atom stereocenters. The molecule has 0 aromatic carbocycles. The number of fused-ring (bicyclic) bond motifs is 5. The average molecular weight is 408 g/mol. The number of carbonyl (C=O) groups excluding carboxylic acids is 1. The van der Waals surface area contributed by atoms with Crippen molar-refractivity contribution in [2.75, 3.05) is 0 Å². The Morgan fingerprint density at radius 3 is 2.56 bits per heavy atom. The smallest absolute Gasteiger partial charge is 0.462 e. The summed E-state index contributed by atoms with van der Waals surface area (Å²) < 4.78 is 71.3. The maximum absolute atomic E-state index is 12.8. The van der Waals surface area contributed by atoms with E-state index in [4.69, 9.17) is 4.74 Å². The van der Waals surface area contributed by atoms with E-state index in [1.165, 1.54) is 6.08 Å². The van der Waals surface area contributed by atoms with Crippen LogP contribution in [0.1, 0.15) is 52.4 Å². The SMILES string of the molecule is CC12CCC3C(CCC4OC(=O)CC43C)C1CC=C2OS(=O)(=O)C(F)(F)F. The number of allylic oxidation sites excluding steroid dienone is 2. The molecule has 0 amide bonds. The number of hydrogen-bond donors (Lipinski definition) is 0. The summed E-state index contributed by atoms with van der Waals surface area (Å²) in [7, 11) is -5.67. The zero-order chi connectivity index (χ0) is 19.8. The molecule has 1 saturated heterocycles. The third-order valence-electron chi connectivity index (χ3n) is 7.57. The highest BCUT2D eigenvalue weighted by molar-refractivity contribution is 7.87. The number of halogens is 3. The Hall–Kier alpha value is -1.25. The van der Waals surface area contributed by atoms with Gasteiger partial charge in [-0.25, -0.2) is 0 Å². The molecule has 3 aliphatic carbocycles. The molecule has 152 valence electrons. The number of carbonyl (C=O) groups is 1. The van der Waals surface area contributed by atoms with Crippen LogP contribution in [-0.4, -0.2) is 26.0 Å². The highest BCUT2D eigenvalue weighted by atomic mass is 32.2. The fourth-order valence-electron chi connectivity index (χ4n) is 6.19. The first kappa shape index (κ1) is 19.1. The van der Waals surface area contributed by atoms with Crippen molar-refractivity contribution in [3.63, 3.8) is 0 Å². The summed E-state index contributed by atoms with van der Waals surface area (Å²) in [6, 6.07) is 0. The van der Waals surface area contributed by atoms with Crippen LogP contribution < -0.4 is 0 Å². The second kappa shape index (κ2) is 5.64. The second-order valence-corrected chi connectivity index (χ2v) is 10.4. The van der Waals surface area contributed by atoms with Crippen LogP contribution in [0.15, 0.2) is 11.8 Å². The number of ether oxygens (including phenoxy) is 1. The fourth-order valence-corrected chi connectivity index (χ4v) is 6.78. The molecule has 0 N–H and O–H groups in total. The van der Waals surface area contributed by atoms with E-state index in [1.54, 1.807) is 0 Å². The van der Waals surface area contributed by atoms with E-state index < -0.39 is 21.0 Å².